The number of ether oxygens (including phenoxy) is 3. The molecule has 0 aliphatic rings. The first kappa shape index (κ1) is 69.8. The maximum absolute atomic E-state index is 12.9. The minimum absolute atomic E-state index is 0.0762. The number of carbonyl (C=O) groups excluding carboxylic acids is 3. The predicted molar refractivity (Wildman–Crippen MR) is 316 cm³/mol. The molecule has 0 aliphatic heterocycles. The van der Waals surface area contributed by atoms with E-state index in [9.17, 15) is 14.4 Å². The zero-order chi connectivity index (χ0) is 52.9. The third-order valence-corrected chi connectivity index (χ3v) is 13.7. The van der Waals surface area contributed by atoms with Gasteiger partial charge in [-0.3, -0.25) is 14.4 Å². The van der Waals surface area contributed by atoms with Gasteiger partial charge in [0.2, 0.25) is 0 Å². The number of carbonyl (C=O) groups is 3. The van der Waals surface area contributed by atoms with Crippen molar-refractivity contribution >= 4 is 17.9 Å². The van der Waals surface area contributed by atoms with Crippen LogP contribution in [0.3, 0.4) is 0 Å². The van der Waals surface area contributed by atoms with E-state index in [1.54, 1.807) is 0 Å². The van der Waals surface area contributed by atoms with Crippen molar-refractivity contribution in [1.29, 1.82) is 0 Å². The van der Waals surface area contributed by atoms with Gasteiger partial charge in [-0.25, -0.2) is 0 Å². The molecular formula is C67H118O6. The molecule has 6 nitrogen and oxygen atoms in total. The molecule has 6 heteroatoms. The highest BCUT2D eigenvalue weighted by molar-refractivity contribution is 5.71. The van der Waals surface area contributed by atoms with Crippen LogP contribution in [-0.4, -0.2) is 37.2 Å². The summed E-state index contributed by atoms with van der Waals surface area (Å²) >= 11 is 0. The van der Waals surface area contributed by atoms with Crippen molar-refractivity contribution in [2.24, 2.45) is 0 Å². The number of rotatable bonds is 57. The summed E-state index contributed by atoms with van der Waals surface area (Å²) in [5, 5.41) is 0. The highest BCUT2D eigenvalue weighted by atomic mass is 16.6. The van der Waals surface area contributed by atoms with E-state index in [0.29, 0.717) is 19.3 Å². The normalized spacial score (nSPS) is 12.5. The molecule has 0 radical (unpaired) electrons. The molecule has 0 spiro atoms. The molecule has 0 fully saturated rings. The molecule has 0 amide bonds. The Morgan fingerprint density at radius 3 is 0.836 bits per heavy atom. The van der Waals surface area contributed by atoms with Crippen molar-refractivity contribution in [2.75, 3.05) is 13.2 Å². The first-order valence-electron chi connectivity index (χ1n) is 31.4. The summed E-state index contributed by atoms with van der Waals surface area (Å²) in [5.74, 6) is -0.879. The van der Waals surface area contributed by atoms with E-state index >= 15 is 0 Å². The maximum atomic E-state index is 12.9. The van der Waals surface area contributed by atoms with Gasteiger partial charge in [0.05, 0.1) is 0 Å². The van der Waals surface area contributed by atoms with E-state index in [0.717, 1.165) is 103 Å². The number of hydrogen-bond donors (Lipinski definition) is 0. The van der Waals surface area contributed by atoms with E-state index in [4.69, 9.17) is 14.2 Å². The Morgan fingerprint density at radius 2 is 0.534 bits per heavy atom. The Balaban J connectivity index is 4.24. The van der Waals surface area contributed by atoms with Gasteiger partial charge in [0, 0.05) is 19.3 Å². The van der Waals surface area contributed by atoms with E-state index in [1.165, 1.54) is 173 Å². The molecule has 0 heterocycles. The van der Waals surface area contributed by atoms with E-state index in [1.807, 2.05) is 0 Å². The van der Waals surface area contributed by atoms with Gasteiger partial charge in [0.15, 0.2) is 6.10 Å². The lowest BCUT2D eigenvalue weighted by Crippen LogP contribution is -2.30. The molecule has 73 heavy (non-hydrogen) atoms. The summed E-state index contributed by atoms with van der Waals surface area (Å²) < 4.78 is 16.9. The van der Waals surface area contributed by atoms with Gasteiger partial charge in [-0.2, -0.15) is 0 Å². The smallest absolute Gasteiger partial charge is 0.306 e. The molecule has 0 rings (SSSR count). The highest BCUT2D eigenvalue weighted by Gasteiger charge is 2.19. The van der Waals surface area contributed by atoms with Crippen molar-refractivity contribution in [3.8, 4) is 0 Å². The molecule has 0 saturated carbocycles. The van der Waals surface area contributed by atoms with Crippen LogP contribution in [0.25, 0.3) is 0 Å². The van der Waals surface area contributed by atoms with Crippen LogP contribution in [0.1, 0.15) is 316 Å². The Hall–Kier alpha value is -3.15. The lowest BCUT2D eigenvalue weighted by molar-refractivity contribution is -0.167. The molecular weight excluding hydrogens is 901 g/mol. The fraction of sp³-hybridized carbons (Fsp3) is 0.776. The molecule has 1 unspecified atom stereocenters. The number of esters is 3. The standard InChI is InChI=1S/C67H118O6/c1-4-7-10-13-16-19-21-23-25-27-29-31-32-33-34-36-37-39-41-43-45-48-51-54-57-60-66(69)72-63-64(62-71-65(68)59-56-53-50-47-18-15-12-9-6-3)73-67(70)61-58-55-52-49-46-44-42-40-38-35-30-28-26-24-22-20-17-14-11-8-5-2/h7,10,16,19,23,25,29,31,33-34,37,39,64H,4-6,8-9,11-15,17-18,20-22,24,26-28,30,32,35-36,38,40-63H2,1-3H3/b10-7-,19-16-,25-23-,31-29-,34-33-,39-37-. The van der Waals surface area contributed by atoms with Crippen LogP contribution < -0.4 is 0 Å². The maximum Gasteiger partial charge on any atom is 0.306 e. The zero-order valence-electron chi connectivity index (χ0n) is 48.4. The van der Waals surface area contributed by atoms with Crippen molar-refractivity contribution in [2.45, 2.75) is 322 Å². The largest absolute Gasteiger partial charge is 0.462 e. The van der Waals surface area contributed by atoms with Crippen LogP contribution in [0.4, 0.5) is 0 Å². The fourth-order valence-corrected chi connectivity index (χ4v) is 9.04. The van der Waals surface area contributed by atoms with Crippen LogP contribution >= 0.6 is 0 Å². The number of allylic oxidation sites excluding steroid dienone is 12. The monoisotopic (exact) mass is 1020 g/mol. The van der Waals surface area contributed by atoms with Gasteiger partial charge in [-0.1, -0.05) is 299 Å². The highest BCUT2D eigenvalue weighted by Crippen LogP contribution is 2.17. The second kappa shape index (κ2) is 61.4. The lowest BCUT2D eigenvalue weighted by Gasteiger charge is -2.18. The second-order valence-corrected chi connectivity index (χ2v) is 21.0. The van der Waals surface area contributed by atoms with E-state index in [-0.39, 0.29) is 31.1 Å². The van der Waals surface area contributed by atoms with Gasteiger partial charge in [-0.15, -0.1) is 0 Å². The summed E-state index contributed by atoms with van der Waals surface area (Å²) in [6.45, 7) is 6.53. The molecule has 0 aliphatic carbocycles. The fourth-order valence-electron chi connectivity index (χ4n) is 9.04. The molecule has 422 valence electrons. The lowest BCUT2D eigenvalue weighted by atomic mass is 10.0. The van der Waals surface area contributed by atoms with Crippen LogP contribution in [0, 0.1) is 0 Å². The molecule has 0 aromatic carbocycles. The van der Waals surface area contributed by atoms with Gasteiger partial charge >= 0.3 is 17.9 Å². The molecule has 0 aromatic heterocycles. The Labute approximate surface area is 453 Å². The topological polar surface area (TPSA) is 78.9 Å². The summed E-state index contributed by atoms with van der Waals surface area (Å²) in [6.07, 6.45) is 79.1. The van der Waals surface area contributed by atoms with E-state index < -0.39 is 6.10 Å². The quantitative estimate of drug-likeness (QED) is 0.0261. The number of unbranched alkanes of at least 4 members (excludes halogenated alkanes) is 34. The first-order valence-corrected chi connectivity index (χ1v) is 31.4. The van der Waals surface area contributed by atoms with Gasteiger partial charge in [-0.05, 0) is 70.6 Å². The predicted octanol–water partition coefficient (Wildman–Crippen LogP) is 21.3. The van der Waals surface area contributed by atoms with Crippen molar-refractivity contribution < 1.29 is 28.6 Å². The first-order chi connectivity index (χ1) is 36.0. The summed E-state index contributed by atoms with van der Waals surface area (Å²) in [5.41, 5.74) is 0. The molecule has 0 N–H and O–H groups in total. The van der Waals surface area contributed by atoms with Gasteiger partial charge in [0.25, 0.3) is 0 Å². The summed E-state index contributed by atoms with van der Waals surface area (Å²) in [4.78, 5) is 38.2. The average molecular weight is 1020 g/mol. The molecule has 0 bridgehead atoms. The Morgan fingerprint density at radius 1 is 0.288 bits per heavy atom. The third kappa shape index (κ3) is 59.6. The Kier molecular flexibility index (Phi) is 58.7. The summed E-state index contributed by atoms with van der Waals surface area (Å²) in [6, 6.07) is 0. The Bertz CT molecular complexity index is 1360. The van der Waals surface area contributed by atoms with E-state index in [2.05, 4.69) is 93.7 Å². The molecule has 0 aromatic rings. The zero-order valence-corrected chi connectivity index (χ0v) is 48.4. The van der Waals surface area contributed by atoms with Crippen LogP contribution in [0.15, 0.2) is 72.9 Å². The van der Waals surface area contributed by atoms with Gasteiger partial charge in [0.1, 0.15) is 13.2 Å². The SMILES string of the molecule is CC/C=C\C/C=C\C/C=C\C/C=C\C/C=C\C/C=C\CCCCCCCCC(=O)OCC(COC(=O)CCCCCCCCCCC)OC(=O)CCCCCCCCCCCCCCCCCCCCCCC. The number of hydrogen-bond acceptors (Lipinski definition) is 6. The molecule has 1 atom stereocenters. The van der Waals surface area contributed by atoms with Gasteiger partial charge < -0.3 is 14.2 Å². The van der Waals surface area contributed by atoms with Crippen LogP contribution in [-0.2, 0) is 28.6 Å². The van der Waals surface area contributed by atoms with Crippen LogP contribution in [0.5, 0.6) is 0 Å². The van der Waals surface area contributed by atoms with Crippen molar-refractivity contribution in [3.63, 3.8) is 0 Å². The minimum atomic E-state index is -0.778. The van der Waals surface area contributed by atoms with Crippen molar-refractivity contribution in [3.05, 3.63) is 72.9 Å². The summed E-state index contributed by atoms with van der Waals surface area (Å²) in [7, 11) is 0. The molecule has 0 saturated heterocycles. The van der Waals surface area contributed by atoms with Crippen molar-refractivity contribution in [1.82, 2.24) is 0 Å². The second-order valence-electron chi connectivity index (χ2n) is 21.0. The minimum Gasteiger partial charge on any atom is -0.462 e. The third-order valence-electron chi connectivity index (χ3n) is 13.7. The van der Waals surface area contributed by atoms with Crippen LogP contribution in [0.2, 0.25) is 0 Å². The average Bonchev–Trinajstić information content (AvgIpc) is 3.39.